The number of carbonyl (C=O) groups excluding carboxylic acids is 1. The number of rotatable bonds is 13. The Morgan fingerprint density at radius 2 is 2.09 bits per heavy atom. The minimum absolute atomic E-state index is 0.0235. The van der Waals surface area contributed by atoms with Gasteiger partial charge in [0.15, 0.2) is 0 Å². The molecule has 188 valence electrons. The standard InChI is InChI=1S/C26H40FN5O2/c1-4-5-6-23(27)9-7-21(13-16-33)8-10-24-25(19(2)30-18-31-24)32-20(3)26(34)29-17-22-11-14-28-15-12-22/h4-5,7,9,18,21-23,28,33H,6,8,10-17H2,1-3H3,(H,29,34)/b5-4+,9-7+,32-20+. The van der Waals surface area contributed by atoms with Crippen LogP contribution in [0.1, 0.15) is 57.3 Å². The zero-order chi connectivity index (χ0) is 24.8. The molecule has 8 heteroatoms. The van der Waals surface area contributed by atoms with Crippen molar-refractivity contribution in [3.05, 3.63) is 42.0 Å². The summed E-state index contributed by atoms with van der Waals surface area (Å²) in [6.45, 7) is 8.10. The molecule has 1 aliphatic rings. The van der Waals surface area contributed by atoms with Crippen LogP contribution in [0.3, 0.4) is 0 Å². The van der Waals surface area contributed by atoms with E-state index in [1.807, 2.05) is 26.0 Å². The van der Waals surface area contributed by atoms with Crippen LogP contribution in [0.15, 0.2) is 35.6 Å². The van der Waals surface area contributed by atoms with E-state index in [0.29, 0.717) is 55.2 Å². The van der Waals surface area contributed by atoms with Gasteiger partial charge in [-0.15, -0.1) is 0 Å². The summed E-state index contributed by atoms with van der Waals surface area (Å²) in [5.74, 6) is 0.341. The maximum Gasteiger partial charge on any atom is 0.265 e. The van der Waals surface area contributed by atoms with Crippen LogP contribution < -0.4 is 10.6 Å². The van der Waals surface area contributed by atoms with E-state index in [4.69, 9.17) is 0 Å². The lowest BCUT2D eigenvalue weighted by atomic mass is 9.96. The summed E-state index contributed by atoms with van der Waals surface area (Å²) >= 11 is 0. The average Bonchev–Trinajstić information content (AvgIpc) is 2.85. The number of hydrogen-bond acceptors (Lipinski definition) is 6. The van der Waals surface area contributed by atoms with E-state index in [1.165, 1.54) is 6.33 Å². The number of nitrogens with zero attached hydrogens (tertiary/aromatic N) is 3. The predicted octanol–water partition coefficient (Wildman–Crippen LogP) is 3.78. The van der Waals surface area contributed by atoms with Gasteiger partial charge in [0.25, 0.3) is 5.91 Å². The molecule has 7 nitrogen and oxygen atoms in total. The van der Waals surface area contributed by atoms with E-state index in [2.05, 4.69) is 25.6 Å². The third-order valence-corrected chi connectivity index (χ3v) is 6.14. The summed E-state index contributed by atoms with van der Waals surface area (Å²) in [5.41, 5.74) is 2.45. The zero-order valence-corrected chi connectivity index (χ0v) is 20.8. The van der Waals surface area contributed by atoms with Gasteiger partial charge in [0.1, 0.15) is 23.9 Å². The molecule has 2 unspecified atom stereocenters. The number of aliphatic imine (C=N–C) groups is 1. The van der Waals surface area contributed by atoms with Gasteiger partial charge in [0.05, 0.1) is 11.4 Å². The molecule has 1 aromatic heterocycles. The number of aliphatic hydroxyl groups is 1. The van der Waals surface area contributed by atoms with E-state index in [9.17, 15) is 14.3 Å². The van der Waals surface area contributed by atoms with E-state index < -0.39 is 6.17 Å². The number of piperidine rings is 1. The first kappa shape index (κ1) is 27.8. The molecule has 1 aromatic rings. The molecular weight excluding hydrogens is 433 g/mol. The van der Waals surface area contributed by atoms with Crippen molar-refractivity contribution in [1.82, 2.24) is 20.6 Å². The molecule has 3 N–H and O–H groups in total. The summed E-state index contributed by atoms with van der Waals surface area (Å²) < 4.78 is 14.0. The summed E-state index contributed by atoms with van der Waals surface area (Å²) in [7, 11) is 0. The van der Waals surface area contributed by atoms with Crippen LogP contribution in [0.2, 0.25) is 0 Å². The maximum absolute atomic E-state index is 14.0. The number of hydrogen-bond donors (Lipinski definition) is 3. The highest BCUT2D eigenvalue weighted by molar-refractivity contribution is 6.38. The molecule has 0 saturated carbocycles. The Morgan fingerprint density at radius 1 is 1.32 bits per heavy atom. The minimum Gasteiger partial charge on any atom is -0.396 e. The number of amides is 1. The molecule has 1 amide bonds. The van der Waals surface area contributed by atoms with Crippen LogP contribution in [-0.2, 0) is 11.2 Å². The quantitative estimate of drug-likeness (QED) is 0.299. The van der Waals surface area contributed by atoms with Crippen molar-refractivity contribution in [3.63, 3.8) is 0 Å². The fourth-order valence-electron chi connectivity index (χ4n) is 3.96. The minimum atomic E-state index is -1.04. The topological polar surface area (TPSA) is 99.5 Å². The first-order valence-electron chi connectivity index (χ1n) is 12.3. The van der Waals surface area contributed by atoms with Crippen LogP contribution >= 0.6 is 0 Å². The molecule has 2 atom stereocenters. The number of aliphatic hydroxyl groups excluding tert-OH is 1. The Kier molecular flexibility index (Phi) is 12.6. The van der Waals surface area contributed by atoms with Crippen LogP contribution in [0, 0.1) is 18.8 Å². The van der Waals surface area contributed by atoms with Crippen molar-refractivity contribution in [2.75, 3.05) is 26.2 Å². The van der Waals surface area contributed by atoms with Gasteiger partial charge in [-0.05, 0) is 77.8 Å². The number of nitrogens with one attached hydrogen (secondary N) is 2. The van der Waals surface area contributed by atoms with Gasteiger partial charge in [-0.1, -0.05) is 24.3 Å². The Morgan fingerprint density at radius 3 is 2.79 bits per heavy atom. The van der Waals surface area contributed by atoms with E-state index in [1.54, 1.807) is 19.1 Å². The van der Waals surface area contributed by atoms with Gasteiger partial charge in [0, 0.05) is 19.6 Å². The van der Waals surface area contributed by atoms with Crippen molar-refractivity contribution in [2.24, 2.45) is 16.8 Å². The molecule has 0 aliphatic carbocycles. The third kappa shape index (κ3) is 9.81. The lowest BCUT2D eigenvalue weighted by Gasteiger charge is -2.22. The van der Waals surface area contributed by atoms with Crippen molar-refractivity contribution in [2.45, 2.75) is 65.5 Å². The predicted molar refractivity (Wildman–Crippen MR) is 135 cm³/mol. The largest absolute Gasteiger partial charge is 0.396 e. The second kappa shape index (κ2) is 15.5. The monoisotopic (exact) mass is 473 g/mol. The summed E-state index contributed by atoms with van der Waals surface area (Å²) in [4.78, 5) is 25.9. The normalized spacial score (nSPS) is 17.4. The Balaban J connectivity index is 2.03. The van der Waals surface area contributed by atoms with E-state index >= 15 is 0 Å². The molecule has 1 fully saturated rings. The Labute approximate surface area is 203 Å². The Bertz CT molecular complexity index is 850. The first-order valence-corrected chi connectivity index (χ1v) is 12.3. The third-order valence-electron chi connectivity index (χ3n) is 6.14. The fourth-order valence-corrected chi connectivity index (χ4v) is 3.96. The average molecular weight is 474 g/mol. The SMILES string of the molecule is C/C=C/CC(F)/C=C/C(CCO)CCc1ncnc(C)c1/N=C(\C)C(=O)NCC1CCNCC1. The highest BCUT2D eigenvalue weighted by Crippen LogP contribution is 2.24. The van der Waals surface area contributed by atoms with Gasteiger partial charge in [-0.3, -0.25) is 4.79 Å². The first-order chi connectivity index (χ1) is 16.4. The van der Waals surface area contributed by atoms with Gasteiger partial charge in [-0.25, -0.2) is 19.4 Å². The van der Waals surface area contributed by atoms with Gasteiger partial charge in [0.2, 0.25) is 0 Å². The molecule has 1 saturated heterocycles. The zero-order valence-electron chi connectivity index (χ0n) is 20.8. The lowest BCUT2D eigenvalue weighted by Crippen LogP contribution is -2.38. The molecule has 0 aromatic carbocycles. The molecule has 0 spiro atoms. The van der Waals surface area contributed by atoms with Crippen molar-refractivity contribution < 1.29 is 14.3 Å². The molecule has 0 radical (unpaired) electrons. The summed E-state index contributed by atoms with van der Waals surface area (Å²) in [6.07, 6.45) is 11.8. The number of aryl methyl sites for hydroxylation is 2. The van der Waals surface area contributed by atoms with Crippen molar-refractivity contribution >= 4 is 17.3 Å². The number of aromatic nitrogens is 2. The van der Waals surface area contributed by atoms with Gasteiger partial charge >= 0.3 is 0 Å². The second-order valence-corrected chi connectivity index (χ2v) is 8.87. The van der Waals surface area contributed by atoms with Crippen LogP contribution in [0.5, 0.6) is 0 Å². The molecule has 0 bridgehead atoms. The molecule has 2 rings (SSSR count). The van der Waals surface area contributed by atoms with Crippen LogP contribution in [0.4, 0.5) is 10.1 Å². The molecule has 2 heterocycles. The number of alkyl halides is 1. The summed E-state index contributed by atoms with van der Waals surface area (Å²) in [6, 6.07) is 0. The highest BCUT2D eigenvalue weighted by Gasteiger charge is 2.17. The van der Waals surface area contributed by atoms with Crippen LogP contribution in [-0.4, -0.2) is 59.1 Å². The van der Waals surface area contributed by atoms with Crippen LogP contribution in [0.25, 0.3) is 0 Å². The van der Waals surface area contributed by atoms with E-state index in [-0.39, 0.29) is 18.4 Å². The molecule has 34 heavy (non-hydrogen) atoms. The highest BCUT2D eigenvalue weighted by atomic mass is 19.1. The lowest BCUT2D eigenvalue weighted by molar-refractivity contribution is -0.115. The maximum atomic E-state index is 14.0. The smallest absolute Gasteiger partial charge is 0.265 e. The van der Waals surface area contributed by atoms with E-state index in [0.717, 1.165) is 31.6 Å². The molecular formula is C26H40FN5O2. The fraction of sp³-hybridized carbons (Fsp3) is 0.615. The number of halogens is 1. The van der Waals surface area contributed by atoms with Crippen molar-refractivity contribution in [3.8, 4) is 0 Å². The number of carbonyl (C=O) groups is 1. The summed E-state index contributed by atoms with van der Waals surface area (Å²) in [5, 5.41) is 15.8. The van der Waals surface area contributed by atoms with Crippen molar-refractivity contribution in [1.29, 1.82) is 0 Å². The Hall–Kier alpha value is -2.45. The number of allylic oxidation sites excluding steroid dienone is 4. The van der Waals surface area contributed by atoms with Gasteiger partial charge < -0.3 is 15.7 Å². The molecule has 1 aliphatic heterocycles. The second-order valence-electron chi connectivity index (χ2n) is 8.87. The van der Waals surface area contributed by atoms with Gasteiger partial charge in [-0.2, -0.15) is 0 Å².